The Morgan fingerprint density at radius 3 is 2.50 bits per heavy atom. The van der Waals surface area contributed by atoms with Crippen LogP contribution in [0, 0.1) is 5.92 Å². The molecule has 3 heteroatoms. The fourth-order valence-electron chi connectivity index (χ4n) is 2.31. The van der Waals surface area contributed by atoms with E-state index in [0.717, 1.165) is 25.3 Å². The smallest absolute Gasteiger partial charge is 0.000337 e. The first-order chi connectivity index (χ1) is 7.33. The van der Waals surface area contributed by atoms with Gasteiger partial charge in [0, 0.05) is 0 Å². The summed E-state index contributed by atoms with van der Waals surface area (Å²) in [5.41, 5.74) is 0. The molecule has 96 valence electrons. The largest absolute Gasteiger partial charge is 0.316 e. The summed E-state index contributed by atoms with van der Waals surface area (Å²) in [5, 5.41) is 3.51. The zero-order chi connectivity index (χ0) is 10.9. The van der Waals surface area contributed by atoms with Crippen molar-refractivity contribution in [3.8, 4) is 0 Å². The number of hydrogen-bond acceptors (Lipinski definition) is 2. The molecule has 0 unspecified atom stereocenters. The molecule has 0 aromatic carbocycles. The van der Waals surface area contributed by atoms with Gasteiger partial charge >= 0.3 is 0 Å². The number of hydrogen-bond donors (Lipinski definition) is 1. The first kappa shape index (κ1) is 16.3. The second-order valence-corrected chi connectivity index (χ2v) is 5.26. The molecule has 1 rings (SSSR count). The first-order valence-electron chi connectivity index (χ1n) is 6.55. The molecule has 0 radical (unpaired) electrons. The highest BCUT2D eigenvalue weighted by molar-refractivity contribution is 7.80. The highest BCUT2D eigenvalue weighted by atomic mass is 35.5. The molecule has 16 heavy (non-hydrogen) atoms. The van der Waals surface area contributed by atoms with Crippen LogP contribution >= 0.6 is 24.6 Å². The number of halogens is 1. The molecular weight excluding hydrogens is 238 g/mol. The molecule has 0 bridgehead atoms. The molecule has 1 aliphatic carbocycles. The Morgan fingerprint density at radius 2 is 1.88 bits per heavy atom. The Balaban J connectivity index is 0.00000225. The molecule has 1 aliphatic rings. The SMILES string of the molecule is CCC(=S)CCNCCC1CCCCC1.Cl. The lowest BCUT2D eigenvalue weighted by atomic mass is 9.87. The maximum absolute atomic E-state index is 5.19. The summed E-state index contributed by atoms with van der Waals surface area (Å²) in [6.45, 7) is 4.42. The lowest BCUT2D eigenvalue weighted by Gasteiger charge is -2.21. The molecule has 1 saturated carbocycles. The highest BCUT2D eigenvalue weighted by Crippen LogP contribution is 2.25. The van der Waals surface area contributed by atoms with E-state index in [4.69, 9.17) is 12.2 Å². The molecule has 0 aliphatic heterocycles. The van der Waals surface area contributed by atoms with E-state index in [1.807, 2.05) is 0 Å². The van der Waals surface area contributed by atoms with Gasteiger partial charge in [-0.05, 0) is 43.1 Å². The summed E-state index contributed by atoms with van der Waals surface area (Å²) < 4.78 is 0. The normalized spacial score (nSPS) is 16.8. The molecular formula is C13H26ClNS. The van der Waals surface area contributed by atoms with Crippen LogP contribution in [0.25, 0.3) is 0 Å². The van der Waals surface area contributed by atoms with E-state index in [1.54, 1.807) is 0 Å². The van der Waals surface area contributed by atoms with Crippen molar-refractivity contribution in [2.45, 2.75) is 58.3 Å². The van der Waals surface area contributed by atoms with E-state index in [9.17, 15) is 0 Å². The van der Waals surface area contributed by atoms with Crippen LogP contribution in [0.1, 0.15) is 58.3 Å². The molecule has 1 fully saturated rings. The van der Waals surface area contributed by atoms with E-state index in [1.165, 1.54) is 49.9 Å². The Labute approximate surface area is 112 Å². The molecule has 0 spiro atoms. The van der Waals surface area contributed by atoms with E-state index in [2.05, 4.69) is 12.2 Å². The quantitative estimate of drug-likeness (QED) is 0.547. The van der Waals surface area contributed by atoms with Crippen molar-refractivity contribution in [1.82, 2.24) is 5.32 Å². The maximum Gasteiger partial charge on any atom is -0.000337 e. The summed E-state index contributed by atoms with van der Waals surface area (Å²) in [7, 11) is 0. The second kappa shape index (κ2) is 10.5. The molecule has 0 aromatic rings. The van der Waals surface area contributed by atoms with Crippen LogP contribution in [0.15, 0.2) is 0 Å². The molecule has 0 heterocycles. The van der Waals surface area contributed by atoms with Gasteiger partial charge in [0.2, 0.25) is 0 Å². The number of thiocarbonyl (C=S) groups is 1. The van der Waals surface area contributed by atoms with Crippen LogP contribution in [-0.2, 0) is 0 Å². The third kappa shape index (κ3) is 7.59. The number of rotatable bonds is 7. The summed E-state index contributed by atoms with van der Waals surface area (Å²) >= 11 is 5.19. The third-order valence-electron chi connectivity index (χ3n) is 3.43. The van der Waals surface area contributed by atoms with Crippen LogP contribution in [-0.4, -0.2) is 18.0 Å². The zero-order valence-electron chi connectivity index (χ0n) is 10.5. The van der Waals surface area contributed by atoms with Gasteiger partial charge in [-0.25, -0.2) is 0 Å². The molecule has 0 atom stereocenters. The summed E-state index contributed by atoms with van der Waals surface area (Å²) in [6, 6.07) is 0. The minimum atomic E-state index is 0. The van der Waals surface area contributed by atoms with Crippen molar-refractivity contribution >= 4 is 29.5 Å². The monoisotopic (exact) mass is 263 g/mol. The lowest BCUT2D eigenvalue weighted by Crippen LogP contribution is -2.21. The third-order valence-corrected chi connectivity index (χ3v) is 3.92. The average Bonchev–Trinajstić information content (AvgIpc) is 2.29. The van der Waals surface area contributed by atoms with Crippen LogP contribution < -0.4 is 5.32 Å². The fourth-order valence-corrected chi connectivity index (χ4v) is 2.41. The van der Waals surface area contributed by atoms with Gasteiger partial charge in [-0.1, -0.05) is 51.2 Å². The van der Waals surface area contributed by atoms with Gasteiger partial charge in [0.05, 0.1) is 0 Å². The van der Waals surface area contributed by atoms with E-state index < -0.39 is 0 Å². The number of nitrogens with one attached hydrogen (secondary N) is 1. The molecule has 0 saturated heterocycles. The van der Waals surface area contributed by atoms with Crippen molar-refractivity contribution < 1.29 is 0 Å². The van der Waals surface area contributed by atoms with Crippen LogP contribution in [0.3, 0.4) is 0 Å². The van der Waals surface area contributed by atoms with E-state index >= 15 is 0 Å². The lowest BCUT2D eigenvalue weighted by molar-refractivity contribution is 0.334. The first-order valence-corrected chi connectivity index (χ1v) is 6.96. The topological polar surface area (TPSA) is 12.0 Å². The predicted molar refractivity (Wildman–Crippen MR) is 78.8 cm³/mol. The van der Waals surface area contributed by atoms with Crippen molar-refractivity contribution in [3.63, 3.8) is 0 Å². The van der Waals surface area contributed by atoms with Crippen molar-refractivity contribution in [2.75, 3.05) is 13.1 Å². The minimum Gasteiger partial charge on any atom is -0.316 e. The average molecular weight is 264 g/mol. The van der Waals surface area contributed by atoms with Gasteiger partial charge in [-0.2, -0.15) is 0 Å². The van der Waals surface area contributed by atoms with Crippen LogP contribution in [0.4, 0.5) is 0 Å². The van der Waals surface area contributed by atoms with Gasteiger partial charge in [-0.3, -0.25) is 0 Å². The predicted octanol–water partition coefficient (Wildman–Crippen LogP) is 4.14. The maximum atomic E-state index is 5.19. The van der Waals surface area contributed by atoms with Crippen LogP contribution in [0.2, 0.25) is 0 Å². The summed E-state index contributed by atoms with van der Waals surface area (Å²) in [5.74, 6) is 1.00. The molecule has 0 aromatic heterocycles. The molecule has 0 amide bonds. The molecule has 1 nitrogen and oxygen atoms in total. The van der Waals surface area contributed by atoms with Crippen LogP contribution in [0.5, 0.6) is 0 Å². The Morgan fingerprint density at radius 1 is 1.19 bits per heavy atom. The van der Waals surface area contributed by atoms with Crippen molar-refractivity contribution in [3.05, 3.63) is 0 Å². The standard InChI is InChI=1S/C13H25NS.ClH/c1-2-13(15)9-11-14-10-8-12-6-4-3-5-7-12;/h12,14H,2-11H2,1H3;1H. The van der Waals surface area contributed by atoms with Crippen molar-refractivity contribution in [2.24, 2.45) is 5.92 Å². The van der Waals surface area contributed by atoms with Crippen molar-refractivity contribution in [1.29, 1.82) is 0 Å². The molecule has 1 N–H and O–H groups in total. The van der Waals surface area contributed by atoms with Gasteiger partial charge < -0.3 is 5.32 Å². The van der Waals surface area contributed by atoms with Gasteiger partial charge in [0.15, 0.2) is 0 Å². The Kier molecular flexibility index (Phi) is 10.7. The Bertz CT molecular complexity index is 179. The zero-order valence-corrected chi connectivity index (χ0v) is 12.1. The highest BCUT2D eigenvalue weighted by Gasteiger charge is 2.12. The summed E-state index contributed by atoms with van der Waals surface area (Å²) in [4.78, 5) is 1.21. The van der Waals surface area contributed by atoms with E-state index in [0.29, 0.717) is 0 Å². The van der Waals surface area contributed by atoms with E-state index in [-0.39, 0.29) is 12.4 Å². The minimum absolute atomic E-state index is 0. The summed E-state index contributed by atoms with van der Waals surface area (Å²) in [6.07, 6.45) is 10.8. The van der Waals surface area contributed by atoms with Gasteiger partial charge in [0.1, 0.15) is 0 Å². The van der Waals surface area contributed by atoms with Gasteiger partial charge in [0.25, 0.3) is 0 Å². The second-order valence-electron chi connectivity index (χ2n) is 4.68. The van der Waals surface area contributed by atoms with Gasteiger partial charge in [-0.15, -0.1) is 12.4 Å². The fraction of sp³-hybridized carbons (Fsp3) is 0.923. The Hall–Kier alpha value is 0.340.